The van der Waals surface area contributed by atoms with Crippen LogP contribution in [0, 0.1) is 6.92 Å². The van der Waals surface area contributed by atoms with E-state index in [2.05, 4.69) is 0 Å². The van der Waals surface area contributed by atoms with E-state index in [0.29, 0.717) is 5.02 Å². The lowest BCUT2D eigenvalue weighted by Gasteiger charge is -2.10. The zero-order valence-corrected chi connectivity index (χ0v) is 10.5. The molecule has 0 bridgehead atoms. The second-order valence-corrected chi connectivity index (χ2v) is 4.34. The summed E-state index contributed by atoms with van der Waals surface area (Å²) in [5.41, 5.74) is 2.89. The molecule has 0 heterocycles. The van der Waals surface area contributed by atoms with Crippen LogP contribution in [0.3, 0.4) is 0 Å². The molecular weight excluding hydrogens is 236 g/mol. The fourth-order valence-electron chi connectivity index (χ4n) is 1.78. The Hall–Kier alpha value is -1.67. The predicted molar refractivity (Wildman–Crippen MR) is 69.8 cm³/mol. The van der Waals surface area contributed by atoms with E-state index in [-0.39, 0.29) is 5.75 Å². The molecule has 0 aliphatic heterocycles. The molecule has 0 spiro atoms. The summed E-state index contributed by atoms with van der Waals surface area (Å²) in [4.78, 5) is 0. The molecule has 3 heteroatoms. The maximum Gasteiger partial charge on any atom is 0.126 e. The van der Waals surface area contributed by atoms with Crippen LogP contribution < -0.4 is 4.74 Å². The number of methoxy groups -OCH3 is 1. The number of halogens is 1. The summed E-state index contributed by atoms with van der Waals surface area (Å²) in [6, 6.07) is 10.9. The molecule has 1 N–H and O–H groups in total. The molecule has 2 aromatic rings. The van der Waals surface area contributed by atoms with Gasteiger partial charge < -0.3 is 9.84 Å². The largest absolute Gasteiger partial charge is 0.508 e. The minimum absolute atomic E-state index is 0.149. The van der Waals surface area contributed by atoms with E-state index in [9.17, 15) is 5.11 Å². The number of rotatable bonds is 2. The first-order valence-electron chi connectivity index (χ1n) is 5.25. The van der Waals surface area contributed by atoms with Gasteiger partial charge in [0.25, 0.3) is 0 Å². The summed E-state index contributed by atoms with van der Waals surface area (Å²) in [5, 5.41) is 10.1. The fourth-order valence-corrected chi connectivity index (χ4v) is 2.01. The molecule has 2 aromatic carbocycles. The molecular formula is C14H13ClO2. The van der Waals surface area contributed by atoms with E-state index < -0.39 is 0 Å². The molecule has 0 fully saturated rings. The van der Waals surface area contributed by atoms with Crippen molar-refractivity contribution in [1.82, 2.24) is 0 Å². The van der Waals surface area contributed by atoms with Gasteiger partial charge in [-0.3, -0.25) is 0 Å². The molecule has 2 nitrogen and oxygen atoms in total. The second-order valence-electron chi connectivity index (χ2n) is 3.90. The highest BCUT2D eigenvalue weighted by molar-refractivity contribution is 6.31. The number of phenols is 1. The van der Waals surface area contributed by atoms with E-state index in [0.717, 1.165) is 22.4 Å². The van der Waals surface area contributed by atoms with Gasteiger partial charge in [0.15, 0.2) is 0 Å². The first kappa shape index (κ1) is 11.8. The number of phenolic OH excluding ortho intramolecular Hbond substituents is 1. The monoisotopic (exact) mass is 248 g/mol. The van der Waals surface area contributed by atoms with Crippen LogP contribution in [-0.4, -0.2) is 12.2 Å². The first-order chi connectivity index (χ1) is 8.10. The van der Waals surface area contributed by atoms with Crippen LogP contribution in [-0.2, 0) is 0 Å². The highest BCUT2D eigenvalue weighted by Crippen LogP contribution is 2.34. The maximum absolute atomic E-state index is 9.56. The lowest BCUT2D eigenvalue weighted by molar-refractivity contribution is 0.416. The van der Waals surface area contributed by atoms with Crippen molar-refractivity contribution in [1.29, 1.82) is 0 Å². The minimum atomic E-state index is 0.149. The van der Waals surface area contributed by atoms with Crippen molar-refractivity contribution in [2.75, 3.05) is 7.11 Å². The Bertz CT molecular complexity index is 530. The number of aryl methyl sites for hydroxylation is 1. The van der Waals surface area contributed by atoms with Gasteiger partial charge in [-0.2, -0.15) is 0 Å². The van der Waals surface area contributed by atoms with Crippen LogP contribution in [0.15, 0.2) is 36.4 Å². The summed E-state index contributed by atoms with van der Waals surface area (Å²) in [5.74, 6) is 0.910. The summed E-state index contributed by atoms with van der Waals surface area (Å²) in [6.07, 6.45) is 0. The quantitative estimate of drug-likeness (QED) is 0.870. The van der Waals surface area contributed by atoms with E-state index in [4.69, 9.17) is 16.3 Å². The minimum Gasteiger partial charge on any atom is -0.508 e. The highest BCUT2D eigenvalue weighted by Gasteiger charge is 2.08. The van der Waals surface area contributed by atoms with E-state index in [1.807, 2.05) is 25.1 Å². The van der Waals surface area contributed by atoms with Crippen molar-refractivity contribution >= 4 is 11.6 Å². The predicted octanol–water partition coefficient (Wildman–Crippen LogP) is 4.03. The molecule has 0 saturated heterocycles. The molecule has 0 saturated carbocycles. The number of hydrogen-bond donors (Lipinski definition) is 1. The van der Waals surface area contributed by atoms with Crippen molar-refractivity contribution in [2.24, 2.45) is 0 Å². The summed E-state index contributed by atoms with van der Waals surface area (Å²) in [7, 11) is 1.62. The Morgan fingerprint density at radius 1 is 1.12 bits per heavy atom. The van der Waals surface area contributed by atoms with Crippen LogP contribution in [0.2, 0.25) is 5.02 Å². The van der Waals surface area contributed by atoms with Gasteiger partial charge in [0.05, 0.1) is 7.11 Å². The molecule has 0 atom stereocenters. The maximum atomic E-state index is 9.56. The SMILES string of the molecule is COc1ccc(C)cc1-c1cc(O)cc(Cl)c1. The smallest absolute Gasteiger partial charge is 0.126 e. The zero-order chi connectivity index (χ0) is 12.4. The van der Waals surface area contributed by atoms with Crippen molar-refractivity contribution in [3.63, 3.8) is 0 Å². The summed E-state index contributed by atoms with van der Waals surface area (Å²) in [6.45, 7) is 2.01. The van der Waals surface area contributed by atoms with Crippen LogP contribution in [0.5, 0.6) is 11.5 Å². The Kier molecular flexibility index (Phi) is 3.25. The third kappa shape index (κ3) is 2.53. The Morgan fingerprint density at radius 3 is 2.53 bits per heavy atom. The van der Waals surface area contributed by atoms with Gasteiger partial charge in [-0.1, -0.05) is 23.2 Å². The van der Waals surface area contributed by atoms with Crippen molar-refractivity contribution in [3.8, 4) is 22.6 Å². The standard InChI is InChI=1S/C14H13ClO2/c1-9-3-4-14(17-2)13(5-9)10-6-11(15)8-12(16)7-10/h3-8,16H,1-2H3. The Morgan fingerprint density at radius 2 is 1.88 bits per heavy atom. The van der Waals surface area contributed by atoms with Gasteiger partial charge in [-0.25, -0.2) is 0 Å². The molecule has 17 heavy (non-hydrogen) atoms. The summed E-state index contributed by atoms with van der Waals surface area (Å²) >= 11 is 5.93. The van der Waals surface area contributed by atoms with E-state index in [1.165, 1.54) is 6.07 Å². The zero-order valence-electron chi connectivity index (χ0n) is 9.70. The molecule has 88 valence electrons. The third-order valence-electron chi connectivity index (χ3n) is 2.55. The van der Waals surface area contributed by atoms with Gasteiger partial charge >= 0.3 is 0 Å². The van der Waals surface area contributed by atoms with Gasteiger partial charge in [0, 0.05) is 10.6 Å². The van der Waals surface area contributed by atoms with Crippen molar-refractivity contribution in [2.45, 2.75) is 6.92 Å². The molecule has 0 radical (unpaired) electrons. The molecule has 2 rings (SSSR count). The lowest BCUT2D eigenvalue weighted by Crippen LogP contribution is -1.89. The molecule has 0 aliphatic carbocycles. The fraction of sp³-hybridized carbons (Fsp3) is 0.143. The van der Waals surface area contributed by atoms with Crippen LogP contribution in [0.25, 0.3) is 11.1 Å². The average molecular weight is 249 g/mol. The van der Waals surface area contributed by atoms with Gasteiger partial charge in [-0.05, 0) is 42.8 Å². The topological polar surface area (TPSA) is 29.5 Å². The normalized spacial score (nSPS) is 10.3. The molecule has 0 unspecified atom stereocenters. The van der Waals surface area contributed by atoms with Gasteiger partial charge in [0.2, 0.25) is 0 Å². The number of ether oxygens (including phenoxy) is 1. The lowest BCUT2D eigenvalue weighted by atomic mass is 10.0. The Balaban J connectivity index is 2.62. The van der Waals surface area contributed by atoms with Crippen molar-refractivity contribution in [3.05, 3.63) is 47.0 Å². The average Bonchev–Trinajstić information content (AvgIpc) is 2.27. The van der Waals surface area contributed by atoms with Crippen LogP contribution in [0.4, 0.5) is 0 Å². The third-order valence-corrected chi connectivity index (χ3v) is 2.77. The number of benzene rings is 2. The molecule has 0 amide bonds. The van der Waals surface area contributed by atoms with Crippen LogP contribution in [0.1, 0.15) is 5.56 Å². The number of aromatic hydroxyl groups is 1. The van der Waals surface area contributed by atoms with E-state index >= 15 is 0 Å². The highest BCUT2D eigenvalue weighted by atomic mass is 35.5. The summed E-state index contributed by atoms with van der Waals surface area (Å²) < 4.78 is 5.31. The number of hydrogen-bond acceptors (Lipinski definition) is 2. The Labute approximate surface area is 105 Å². The van der Waals surface area contributed by atoms with Gasteiger partial charge in [0.1, 0.15) is 11.5 Å². The molecule has 0 aliphatic rings. The first-order valence-corrected chi connectivity index (χ1v) is 5.62. The second kappa shape index (κ2) is 4.68. The van der Waals surface area contributed by atoms with Crippen LogP contribution >= 0.6 is 11.6 Å². The molecule has 0 aromatic heterocycles. The van der Waals surface area contributed by atoms with E-state index in [1.54, 1.807) is 19.2 Å². The van der Waals surface area contributed by atoms with Crippen molar-refractivity contribution < 1.29 is 9.84 Å². The van der Waals surface area contributed by atoms with Gasteiger partial charge in [-0.15, -0.1) is 0 Å².